The van der Waals surface area contributed by atoms with Gasteiger partial charge in [0.05, 0.1) is 29.2 Å². The molecule has 0 spiro atoms. The molecule has 174 valence electrons. The molecular formula is C23H23N7O3S. The first kappa shape index (κ1) is 22.0. The van der Waals surface area contributed by atoms with Gasteiger partial charge >= 0.3 is 0 Å². The van der Waals surface area contributed by atoms with Crippen LogP contribution in [-0.2, 0) is 7.05 Å². The number of oxazole rings is 1. The Morgan fingerprint density at radius 2 is 2.21 bits per heavy atom. The molecule has 0 radical (unpaired) electrons. The molecule has 6 rings (SSSR count). The van der Waals surface area contributed by atoms with Crippen LogP contribution >= 0.6 is 13.5 Å². The topological polar surface area (TPSA) is 125 Å². The van der Waals surface area contributed by atoms with Gasteiger partial charge in [0.25, 0.3) is 5.91 Å². The van der Waals surface area contributed by atoms with E-state index in [1.807, 2.05) is 25.2 Å². The summed E-state index contributed by atoms with van der Waals surface area (Å²) in [4.78, 5) is 26.9. The molecule has 5 aromatic rings. The summed E-state index contributed by atoms with van der Waals surface area (Å²) in [6.07, 6.45) is 6.90. The van der Waals surface area contributed by atoms with Crippen molar-refractivity contribution in [2.75, 3.05) is 23.3 Å². The number of carbonyl (C=O) groups is 1. The van der Waals surface area contributed by atoms with Crippen LogP contribution in [0.15, 0.2) is 53.5 Å². The van der Waals surface area contributed by atoms with E-state index in [1.54, 1.807) is 29.3 Å². The van der Waals surface area contributed by atoms with Gasteiger partial charge in [-0.2, -0.15) is 18.6 Å². The summed E-state index contributed by atoms with van der Waals surface area (Å²) in [6.45, 7) is 1.22. The maximum Gasteiger partial charge on any atom is 0.277 e. The molecule has 3 N–H and O–H groups in total. The van der Waals surface area contributed by atoms with Crippen molar-refractivity contribution in [2.45, 2.75) is 12.5 Å². The number of H-pyrrole nitrogens is 1. The van der Waals surface area contributed by atoms with E-state index in [9.17, 15) is 9.90 Å². The number of anilines is 2. The number of aromatic amines is 1. The van der Waals surface area contributed by atoms with Gasteiger partial charge in [-0.1, -0.05) is 0 Å². The monoisotopic (exact) mass is 477 g/mol. The number of fused-ring (bicyclic) bond motifs is 2. The fraction of sp³-hybridized carbons (Fsp3) is 0.217. The zero-order valence-electron chi connectivity index (χ0n) is 18.3. The highest BCUT2D eigenvalue weighted by Crippen LogP contribution is 2.34. The van der Waals surface area contributed by atoms with Crippen molar-refractivity contribution in [3.05, 3.63) is 54.8 Å². The Morgan fingerprint density at radius 3 is 3.03 bits per heavy atom. The molecule has 1 atom stereocenters. The maximum atomic E-state index is 13.1. The predicted octanol–water partition coefficient (Wildman–Crippen LogP) is 3.04. The quantitative estimate of drug-likeness (QED) is 0.363. The van der Waals surface area contributed by atoms with E-state index in [-0.39, 0.29) is 31.2 Å². The SMILES string of the molecule is Cn1ncc2cc(N3CC[C@H](O)C3)c(NC(=O)c3coc(-c4ccnc5[nH]ccc45)n3)cc21.S. The van der Waals surface area contributed by atoms with E-state index in [0.717, 1.165) is 33.2 Å². The zero-order valence-corrected chi connectivity index (χ0v) is 19.3. The number of pyridine rings is 1. The number of β-amino-alcohol motifs (C(OH)–C–C–N with tert-alkyl or cyclic N) is 1. The molecule has 1 aliphatic heterocycles. The third-order valence-electron chi connectivity index (χ3n) is 6.04. The Labute approximate surface area is 201 Å². The first-order valence-corrected chi connectivity index (χ1v) is 10.6. The average Bonchev–Trinajstić information content (AvgIpc) is 3.60. The molecule has 1 fully saturated rings. The molecule has 1 saturated heterocycles. The number of hydrogen-bond donors (Lipinski definition) is 3. The zero-order chi connectivity index (χ0) is 22.5. The summed E-state index contributed by atoms with van der Waals surface area (Å²) in [5, 5.41) is 19.1. The molecular weight excluding hydrogens is 454 g/mol. The van der Waals surface area contributed by atoms with E-state index < -0.39 is 0 Å². The van der Waals surface area contributed by atoms with Crippen molar-refractivity contribution in [1.82, 2.24) is 24.7 Å². The second-order valence-electron chi connectivity index (χ2n) is 8.18. The van der Waals surface area contributed by atoms with Crippen LogP contribution in [0.25, 0.3) is 33.4 Å². The minimum atomic E-state index is -0.387. The Bertz CT molecular complexity index is 1510. The lowest BCUT2D eigenvalue weighted by Crippen LogP contribution is -2.23. The maximum absolute atomic E-state index is 13.1. The molecule has 5 heterocycles. The summed E-state index contributed by atoms with van der Waals surface area (Å²) in [5.41, 5.74) is 4.00. The largest absolute Gasteiger partial charge is 0.444 e. The minimum absolute atomic E-state index is 0. The Kier molecular flexibility index (Phi) is 5.50. The average molecular weight is 478 g/mol. The van der Waals surface area contributed by atoms with Crippen LogP contribution in [0.1, 0.15) is 16.9 Å². The molecule has 10 nitrogen and oxygen atoms in total. The number of aryl methyl sites for hydroxylation is 1. The van der Waals surface area contributed by atoms with Gasteiger partial charge in [-0.3, -0.25) is 9.48 Å². The molecule has 1 amide bonds. The molecule has 0 bridgehead atoms. The van der Waals surface area contributed by atoms with Gasteiger partial charge in [-0.05, 0) is 30.7 Å². The molecule has 34 heavy (non-hydrogen) atoms. The van der Waals surface area contributed by atoms with Crippen molar-refractivity contribution in [3.63, 3.8) is 0 Å². The van der Waals surface area contributed by atoms with Crippen molar-refractivity contribution in [2.24, 2.45) is 7.05 Å². The molecule has 1 aliphatic rings. The number of hydrogen-bond acceptors (Lipinski definition) is 7. The summed E-state index contributed by atoms with van der Waals surface area (Å²) in [7, 11) is 1.85. The number of benzene rings is 1. The summed E-state index contributed by atoms with van der Waals surface area (Å²) in [6, 6.07) is 7.58. The van der Waals surface area contributed by atoms with E-state index in [4.69, 9.17) is 4.42 Å². The van der Waals surface area contributed by atoms with Crippen molar-refractivity contribution >= 4 is 52.7 Å². The second kappa shape index (κ2) is 8.50. The fourth-order valence-corrected chi connectivity index (χ4v) is 4.35. The first-order chi connectivity index (χ1) is 16.1. The van der Waals surface area contributed by atoms with Crippen LogP contribution in [0.2, 0.25) is 0 Å². The number of carbonyl (C=O) groups excluding carboxylic acids is 1. The minimum Gasteiger partial charge on any atom is -0.444 e. The lowest BCUT2D eigenvalue weighted by atomic mass is 10.1. The van der Waals surface area contributed by atoms with Crippen LogP contribution < -0.4 is 10.2 Å². The van der Waals surface area contributed by atoms with Crippen molar-refractivity contribution in [3.8, 4) is 11.5 Å². The van der Waals surface area contributed by atoms with Crippen molar-refractivity contribution in [1.29, 1.82) is 0 Å². The number of nitrogens with zero attached hydrogens (tertiary/aromatic N) is 5. The van der Waals surface area contributed by atoms with Crippen LogP contribution in [-0.4, -0.2) is 54.9 Å². The van der Waals surface area contributed by atoms with Crippen LogP contribution in [0, 0.1) is 0 Å². The lowest BCUT2D eigenvalue weighted by molar-refractivity contribution is 0.102. The fourth-order valence-electron chi connectivity index (χ4n) is 4.35. The number of aliphatic hydroxyl groups is 1. The van der Waals surface area contributed by atoms with E-state index in [2.05, 4.69) is 30.3 Å². The first-order valence-electron chi connectivity index (χ1n) is 10.6. The summed E-state index contributed by atoms with van der Waals surface area (Å²) >= 11 is 0. The Morgan fingerprint density at radius 1 is 1.32 bits per heavy atom. The van der Waals surface area contributed by atoms with E-state index in [0.29, 0.717) is 31.1 Å². The summed E-state index contributed by atoms with van der Waals surface area (Å²) < 4.78 is 7.39. The molecule has 4 aromatic heterocycles. The van der Waals surface area contributed by atoms with Gasteiger partial charge in [0.15, 0.2) is 5.69 Å². The highest BCUT2D eigenvalue weighted by molar-refractivity contribution is 7.59. The number of amides is 1. The summed E-state index contributed by atoms with van der Waals surface area (Å²) in [5.74, 6) is -0.0380. The second-order valence-corrected chi connectivity index (χ2v) is 8.18. The molecule has 1 aromatic carbocycles. The van der Waals surface area contributed by atoms with Crippen molar-refractivity contribution < 1.29 is 14.3 Å². The van der Waals surface area contributed by atoms with Crippen LogP contribution in [0.3, 0.4) is 0 Å². The highest BCUT2D eigenvalue weighted by Gasteiger charge is 2.25. The number of nitrogens with one attached hydrogen (secondary N) is 2. The van der Waals surface area contributed by atoms with Crippen LogP contribution in [0.5, 0.6) is 0 Å². The highest BCUT2D eigenvalue weighted by atomic mass is 32.1. The normalized spacial score (nSPS) is 15.7. The van der Waals surface area contributed by atoms with Gasteiger partial charge in [0.1, 0.15) is 11.9 Å². The third kappa shape index (κ3) is 3.68. The third-order valence-corrected chi connectivity index (χ3v) is 6.04. The van der Waals surface area contributed by atoms with Crippen LogP contribution in [0.4, 0.5) is 11.4 Å². The number of aliphatic hydroxyl groups excluding tert-OH is 1. The van der Waals surface area contributed by atoms with E-state index >= 15 is 0 Å². The van der Waals surface area contributed by atoms with Gasteiger partial charge in [-0.25, -0.2) is 9.97 Å². The van der Waals surface area contributed by atoms with Gasteiger partial charge in [0.2, 0.25) is 5.89 Å². The smallest absolute Gasteiger partial charge is 0.277 e. The molecule has 11 heteroatoms. The number of aromatic nitrogens is 5. The standard InChI is InChI=1S/C23H21N7O3.H2S/c1-29-19-9-17(20(8-13(19)10-26-29)30-7-4-14(31)11-30)27-22(32)18-12-33-23(28-18)16-3-6-25-21-15(16)2-5-24-21;/h2-3,5-6,8-10,12,14,31H,4,7,11H2,1H3,(H,24,25)(H,27,32);1H2/t14-;/m0./s1. The number of rotatable bonds is 4. The van der Waals surface area contributed by atoms with Gasteiger partial charge < -0.3 is 24.7 Å². The molecule has 0 saturated carbocycles. The molecule has 0 aliphatic carbocycles. The van der Waals surface area contributed by atoms with Gasteiger partial charge in [0, 0.05) is 48.9 Å². The molecule has 0 unspecified atom stereocenters. The Balaban J connectivity index is 0.00000241. The Hall–Kier alpha value is -3.83. The van der Waals surface area contributed by atoms with Gasteiger partial charge in [-0.15, -0.1) is 0 Å². The van der Waals surface area contributed by atoms with E-state index in [1.165, 1.54) is 6.26 Å². The lowest BCUT2D eigenvalue weighted by Gasteiger charge is -2.22. The predicted molar refractivity (Wildman–Crippen MR) is 133 cm³/mol.